The molecule has 0 fully saturated rings. The lowest BCUT2D eigenvalue weighted by molar-refractivity contribution is 0.0991. The van der Waals surface area contributed by atoms with Gasteiger partial charge in [0.1, 0.15) is 5.82 Å². The Balaban J connectivity index is 1.41. The van der Waals surface area contributed by atoms with Gasteiger partial charge in [0.05, 0.1) is 0 Å². The molecule has 1 aliphatic rings. The summed E-state index contributed by atoms with van der Waals surface area (Å²) in [5, 5.41) is 0. The fourth-order valence-corrected chi connectivity index (χ4v) is 3.96. The SMILES string of the molecule is CC(=O)c1ccc(CC(=O)c2cccc(CN3CCc4cc(F)ccc4C3)c2)cc1. The summed E-state index contributed by atoms with van der Waals surface area (Å²) in [4.78, 5) is 26.5. The molecule has 0 saturated heterocycles. The minimum absolute atomic E-state index is 0.0195. The van der Waals surface area contributed by atoms with Gasteiger partial charge in [0, 0.05) is 37.2 Å². The Morgan fingerprint density at radius 3 is 2.47 bits per heavy atom. The first kappa shape index (κ1) is 20.2. The van der Waals surface area contributed by atoms with Crippen LogP contribution in [0.4, 0.5) is 4.39 Å². The van der Waals surface area contributed by atoms with E-state index in [2.05, 4.69) is 4.90 Å². The van der Waals surface area contributed by atoms with E-state index in [1.165, 1.54) is 18.6 Å². The highest BCUT2D eigenvalue weighted by molar-refractivity contribution is 5.98. The summed E-state index contributed by atoms with van der Waals surface area (Å²) in [7, 11) is 0. The normalized spacial score (nSPS) is 13.7. The van der Waals surface area contributed by atoms with Gasteiger partial charge in [0.25, 0.3) is 0 Å². The van der Waals surface area contributed by atoms with Crippen molar-refractivity contribution in [3.05, 3.63) is 106 Å². The Morgan fingerprint density at radius 1 is 0.900 bits per heavy atom. The molecule has 4 heteroatoms. The van der Waals surface area contributed by atoms with Crippen molar-refractivity contribution in [2.24, 2.45) is 0 Å². The Kier molecular flexibility index (Phi) is 5.86. The molecule has 0 aromatic heterocycles. The van der Waals surface area contributed by atoms with Gasteiger partial charge in [-0.25, -0.2) is 4.39 Å². The predicted octanol–water partition coefficient (Wildman–Crippen LogP) is 5.01. The maximum Gasteiger partial charge on any atom is 0.167 e. The van der Waals surface area contributed by atoms with Gasteiger partial charge < -0.3 is 0 Å². The van der Waals surface area contributed by atoms with Gasteiger partial charge in [-0.2, -0.15) is 0 Å². The highest BCUT2D eigenvalue weighted by Gasteiger charge is 2.17. The van der Waals surface area contributed by atoms with Gasteiger partial charge in [-0.05, 0) is 53.8 Å². The van der Waals surface area contributed by atoms with Crippen molar-refractivity contribution in [2.75, 3.05) is 6.54 Å². The molecule has 30 heavy (non-hydrogen) atoms. The summed E-state index contributed by atoms with van der Waals surface area (Å²) >= 11 is 0. The van der Waals surface area contributed by atoms with E-state index in [9.17, 15) is 14.0 Å². The first-order chi connectivity index (χ1) is 14.5. The van der Waals surface area contributed by atoms with E-state index in [1.807, 2.05) is 42.5 Å². The average molecular weight is 401 g/mol. The molecule has 3 aromatic carbocycles. The summed E-state index contributed by atoms with van der Waals surface area (Å²) in [6, 6.07) is 20.0. The standard InChI is InChI=1S/C26H24FNO2/c1-18(29)21-7-5-19(6-8-21)14-26(30)23-4-2-3-20(13-23)16-28-12-11-22-15-25(27)10-9-24(22)17-28/h2-10,13,15H,11-12,14,16-17H2,1H3. The number of Topliss-reactive ketones (excluding diaryl/α,β-unsaturated/α-hetero) is 2. The van der Waals surface area contributed by atoms with Crippen LogP contribution in [0.3, 0.4) is 0 Å². The lowest BCUT2D eigenvalue weighted by Crippen LogP contribution is -2.30. The number of rotatable bonds is 6. The third-order valence-electron chi connectivity index (χ3n) is 5.64. The number of nitrogens with zero attached hydrogens (tertiary/aromatic N) is 1. The lowest BCUT2D eigenvalue weighted by atomic mass is 9.98. The van der Waals surface area contributed by atoms with Crippen LogP contribution >= 0.6 is 0 Å². The average Bonchev–Trinajstić information content (AvgIpc) is 2.74. The van der Waals surface area contributed by atoms with Crippen molar-refractivity contribution in [3.63, 3.8) is 0 Å². The number of hydrogen-bond donors (Lipinski definition) is 0. The number of carbonyl (C=O) groups is 2. The summed E-state index contributed by atoms with van der Waals surface area (Å²) in [6.07, 6.45) is 1.15. The van der Waals surface area contributed by atoms with E-state index in [0.717, 1.165) is 42.7 Å². The smallest absolute Gasteiger partial charge is 0.167 e. The van der Waals surface area contributed by atoms with E-state index in [-0.39, 0.29) is 17.4 Å². The topological polar surface area (TPSA) is 37.4 Å². The van der Waals surface area contributed by atoms with E-state index < -0.39 is 0 Å². The van der Waals surface area contributed by atoms with Crippen LogP contribution < -0.4 is 0 Å². The molecule has 0 bridgehead atoms. The van der Waals surface area contributed by atoms with Gasteiger partial charge in [-0.1, -0.05) is 48.5 Å². The molecule has 0 atom stereocenters. The third kappa shape index (κ3) is 4.71. The molecule has 3 aromatic rings. The lowest BCUT2D eigenvalue weighted by Gasteiger charge is -2.28. The van der Waals surface area contributed by atoms with Crippen molar-refractivity contribution < 1.29 is 14.0 Å². The zero-order valence-electron chi connectivity index (χ0n) is 17.0. The van der Waals surface area contributed by atoms with Crippen LogP contribution in [0.2, 0.25) is 0 Å². The summed E-state index contributed by atoms with van der Waals surface area (Å²) < 4.78 is 13.4. The molecule has 0 amide bonds. The fraction of sp³-hybridized carbons (Fsp3) is 0.231. The minimum atomic E-state index is -0.177. The maximum absolute atomic E-state index is 13.4. The molecule has 3 nitrogen and oxygen atoms in total. The van der Waals surface area contributed by atoms with Crippen LogP contribution in [0.5, 0.6) is 0 Å². The largest absolute Gasteiger partial charge is 0.295 e. The van der Waals surface area contributed by atoms with Crippen molar-refractivity contribution >= 4 is 11.6 Å². The Morgan fingerprint density at radius 2 is 1.70 bits per heavy atom. The van der Waals surface area contributed by atoms with Crippen LogP contribution in [0, 0.1) is 5.82 Å². The molecule has 0 aliphatic carbocycles. The van der Waals surface area contributed by atoms with Gasteiger partial charge in [-0.3, -0.25) is 14.5 Å². The molecule has 1 aliphatic heterocycles. The Hall–Kier alpha value is -3.11. The van der Waals surface area contributed by atoms with Crippen molar-refractivity contribution in [1.82, 2.24) is 4.90 Å². The zero-order valence-corrected chi connectivity index (χ0v) is 17.0. The Labute approximate surface area is 176 Å². The number of halogens is 1. The number of carbonyl (C=O) groups excluding carboxylic acids is 2. The van der Waals surface area contributed by atoms with Gasteiger partial charge in [0.2, 0.25) is 0 Å². The highest BCUT2D eigenvalue weighted by atomic mass is 19.1. The predicted molar refractivity (Wildman–Crippen MR) is 115 cm³/mol. The minimum Gasteiger partial charge on any atom is -0.295 e. The second-order valence-electron chi connectivity index (χ2n) is 7.93. The highest BCUT2D eigenvalue weighted by Crippen LogP contribution is 2.22. The molecule has 0 spiro atoms. The van der Waals surface area contributed by atoms with E-state index in [0.29, 0.717) is 17.5 Å². The molecule has 1 heterocycles. The molecule has 0 N–H and O–H groups in total. The molecule has 152 valence electrons. The van der Waals surface area contributed by atoms with Gasteiger partial charge >= 0.3 is 0 Å². The number of benzene rings is 3. The quantitative estimate of drug-likeness (QED) is 0.545. The van der Waals surface area contributed by atoms with Crippen molar-refractivity contribution in [2.45, 2.75) is 32.9 Å². The molecular formula is C26H24FNO2. The van der Waals surface area contributed by atoms with E-state index >= 15 is 0 Å². The van der Waals surface area contributed by atoms with Crippen molar-refractivity contribution in [3.8, 4) is 0 Å². The first-order valence-electron chi connectivity index (χ1n) is 10.2. The molecular weight excluding hydrogens is 377 g/mol. The van der Waals surface area contributed by atoms with Crippen LogP contribution in [0.15, 0.2) is 66.7 Å². The number of hydrogen-bond acceptors (Lipinski definition) is 3. The van der Waals surface area contributed by atoms with Crippen LogP contribution in [-0.2, 0) is 25.9 Å². The summed E-state index contributed by atoms with van der Waals surface area (Å²) in [5.74, 6) is -0.0951. The third-order valence-corrected chi connectivity index (χ3v) is 5.64. The first-order valence-corrected chi connectivity index (χ1v) is 10.2. The number of fused-ring (bicyclic) bond motifs is 1. The second kappa shape index (κ2) is 8.72. The number of ketones is 2. The monoisotopic (exact) mass is 401 g/mol. The fourth-order valence-electron chi connectivity index (χ4n) is 3.96. The van der Waals surface area contributed by atoms with Gasteiger partial charge in [0.15, 0.2) is 11.6 Å². The van der Waals surface area contributed by atoms with Crippen LogP contribution in [-0.4, -0.2) is 23.0 Å². The Bertz CT molecular complexity index is 1090. The van der Waals surface area contributed by atoms with Crippen molar-refractivity contribution in [1.29, 1.82) is 0 Å². The summed E-state index contributed by atoms with van der Waals surface area (Å²) in [6.45, 7) is 3.95. The molecule has 4 rings (SSSR count). The van der Waals surface area contributed by atoms with E-state index in [4.69, 9.17) is 0 Å². The van der Waals surface area contributed by atoms with Crippen LogP contribution in [0.1, 0.15) is 49.9 Å². The molecule has 0 unspecified atom stereocenters. The zero-order chi connectivity index (χ0) is 21.1. The van der Waals surface area contributed by atoms with Gasteiger partial charge in [-0.15, -0.1) is 0 Å². The maximum atomic E-state index is 13.4. The second-order valence-corrected chi connectivity index (χ2v) is 7.93. The molecule has 0 radical (unpaired) electrons. The van der Waals surface area contributed by atoms with E-state index in [1.54, 1.807) is 18.2 Å². The summed E-state index contributed by atoms with van der Waals surface area (Å²) in [5.41, 5.74) is 5.60. The molecule has 0 saturated carbocycles. The van der Waals surface area contributed by atoms with Crippen LogP contribution in [0.25, 0.3) is 0 Å².